The Morgan fingerprint density at radius 2 is 0.700 bits per heavy atom. The SMILES string of the molecule is CO.CO.CO.ClC(Cl)Cl. The minimum absolute atomic E-state index is 0.750. The van der Waals surface area contributed by atoms with Gasteiger partial charge in [-0.2, -0.15) is 0 Å². The maximum absolute atomic E-state index is 7.00. The fourth-order valence-corrected chi connectivity index (χ4v) is 0. The number of hydrogen-bond donors (Lipinski definition) is 3. The van der Waals surface area contributed by atoms with Gasteiger partial charge in [0, 0.05) is 21.3 Å². The summed E-state index contributed by atoms with van der Waals surface area (Å²) in [5.41, 5.74) is 0. The van der Waals surface area contributed by atoms with Gasteiger partial charge < -0.3 is 15.3 Å². The van der Waals surface area contributed by atoms with Crippen LogP contribution in [0.3, 0.4) is 0 Å². The molecule has 0 saturated carbocycles. The van der Waals surface area contributed by atoms with Crippen molar-refractivity contribution < 1.29 is 15.3 Å². The highest BCUT2D eigenvalue weighted by Crippen LogP contribution is 2.03. The van der Waals surface area contributed by atoms with Gasteiger partial charge >= 0.3 is 0 Å². The molecule has 3 nitrogen and oxygen atoms in total. The first-order valence-corrected chi connectivity index (χ1v) is 3.31. The van der Waals surface area contributed by atoms with Gasteiger partial charge in [0.1, 0.15) is 0 Å². The smallest absolute Gasteiger partial charge is 0.180 e. The zero-order valence-corrected chi connectivity index (χ0v) is 8.32. The first-order chi connectivity index (χ1) is 4.73. The molecular weight excluding hydrogens is 202 g/mol. The van der Waals surface area contributed by atoms with E-state index in [1.54, 1.807) is 0 Å². The molecule has 0 radical (unpaired) electrons. The van der Waals surface area contributed by atoms with Crippen molar-refractivity contribution in [3.05, 3.63) is 0 Å². The predicted molar refractivity (Wildman–Crippen MR) is 45.8 cm³/mol. The van der Waals surface area contributed by atoms with E-state index in [0.717, 1.165) is 21.3 Å². The van der Waals surface area contributed by atoms with Crippen LogP contribution < -0.4 is 0 Å². The molecule has 0 rings (SSSR count). The van der Waals surface area contributed by atoms with Crippen molar-refractivity contribution in [2.45, 2.75) is 4.30 Å². The molecule has 0 amide bonds. The Bertz CT molecular complexity index is 20.5. The number of halogens is 3. The molecule has 0 aliphatic rings. The average molecular weight is 216 g/mol. The highest BCUT2D eigenvalue weighted by molar-refractivity contribution is 6.63. The molecule has 0 bridgehead atoms. The topological polar surface area (TPSA) is 60.7 Å². The molecule has 0 spiro atoms. The van der Waals surface area contributed by atoms with E-state index in [1.165, 1.54) is 0 Å². The summed E-state index contributed by atoms with van der Waals surface area (Å²) >= 11 is 14.4. The number of aliphatic hydroxyl groups excluding tert-OH is 3. The summed E-state index contributed by atoms with van der Waals surface area (Å²) in [5, 5.41) is 21.0. The summed E-state index contributed by atoms with van der Waals surface area (Å²) in [4.78, 5) is 0. The Kier molecular flexibility index (Phi) is 119. The van der Waals surface area contributed by atoms with Crippen molar-refractivity contribution in [1.82, 2.24) is 0 Å². The van der Waals surface area contributed by atoms with Gasteiger partial charge in [-0.15, -0.1) is 0 Å². The van der Waals surface area contributed by atoms with E-state index >= 15 is 0 Å². The molecule has 0 aromatic carbocycles. The Balaban J connectivity index is -0.0000000262. The summed E-state index contributed by atoms with van der Waals surface area (Å²) in [6, 6.07) is 0. The first kappa shape index (κ1) is 22.4. The van der Waals surface area contributed by atoms with Crippen LogP contribution in [-0.4, -0.2) is 40.9 Å². The first-order valence-electron chi connectivity index (χ1n) is 2.00. The third kappa shape index (κ3) is 934. The number of hydrogen-bond acceptors (Lipinski definition) is 3. The second-order valence-electron chi connectivity index (χ2n) is 0.247. The van der Waals surface area contributed by atoms with Gasteiger partial charge in [0.05, 0.1) is 0 Å². The van der Waals surface area contributed by atoms with E-state index in [2.05, 4.69) is 0 Å². The molecule has 3 N–H and O–H groups in total. The minimum atomic E-state index is -0.750. The molecule has 0 fully saturated rings. The maximum Gasteiger partial charge on any atom is 0.180 e. The molecule has 0 atom stereocenters. The van der Waals surface area contributed by atoms with Gasteiger partial charge in [-0.1, -0.05) is 34.8 Å². The predicted octanol–water partition coefficient (Wildman–Crippen LogP) is 0.812. The molecule has 6 heteroatoms. The lowest BCUT2D eigenvalue weighted by molar-refractivity contribution is 0.399. The standard InChI is InChI=1S/CHCl3.3CH4O/c2-1(3)4;3*1-2/h1H;3*2H,1H3. The molecular formula is C4H13Cl3O3. The quantitative estimate of drug-likeness (QED) is 0.524. The Labute approximate surface area is 76.1 Å². The van der Waals surface area contributed by atoms with E-state index in [4.69, 9.17) is 50.1 Å². The van der Waals surface area contributed by atoms with E-state index in [9.17, 15) is 0 Å². The third-order valence-electron chi connectivity index (χ3n) is 0. The summed E-state index contributed by atoms with van der Waals surface area (Å²) in [5.74, 6) is 0. The lowest BCUT2D eigenvalue weighted by atomic mass is 11.8. The van der Waals surface area contributed by atoms with Crippen LogP contribution in [0.5, 0.6) is 0 Å². The van der Waals surface area contributed by atoms with Crippen LogP contribution in [-0.2, 0) is 0 Å². The van der Waals surface area contributed by atoms with E-state index in [0.29, 0.717) is 0 Å². The van der Waals surface area contributed by atoms with E-state index in [-0.39, 0.29) is 0 Å². The normalized spacial score (nSPS) is 5.40. The number of alkyl halides is 3. The lowest BCUT2D eigenvalue weighted by Gasteiger charge is -1.69. The molecule has 0 aromatic heterocycles. The van der Waals surface area contributed by atoms with Gasteiger partial charge in [0.2, 0.25) is 0 Å². The van der Waals surface area contributed by atoms with Crippen molar-refractivity contribution in [2.75, 3.05) is 21.3 Å². The van der Waals surface area contributed by atoms with Crippen LogP contribution in [0.15, 0.2) is 0 Å². The van der Waals surface area contributed by atoms with Gasteiger partial charge in [-0.05, 0) is 0 Å². The summed E-state index contributed by atoms with van der Waals surface area (Å²) < 4.78 is -0.750. The third-order valence-corrected chi connectivity index (χ3v) is 0. The van der Waals surface area contributed by atoms with Crippen molar-refractivity contribution in [3.63, 3.8) is 0 Å². The largest absolute Gasteiger partial charge is 0.400 e. The van der Waals surface area contributed by atoms with Crippen molar-refractivity contribution in [1.29, 1.82) is 0 Å². The van der Waals surface area contributed by atoms with Crippen LogP contribution in [0.4, 0.5) is 0 Å². The zero-order chi connectivity index (χ0) is 9.58. The zero-order valence-electron chi connectivity index (χ0n) is 6.05. The molecule has 10 heavy (non-hydrogen) atoms. The van der Waals surface area contributed by atoms with Crippen molar-refractivity contribution in [3.8, 4) is 0 Å². The maximum atomic E-state index is 7.00. The van der Waals surface area contributed by atoms with Crippen LogP contribution in [0.2, 0.25) is 0 Å². The van der Waals surface area contributed by atoms with Gasteiger partial charge in [0.15, 0.2) is 4.30 Å². The monoisotopic (exact) mass is 214 g/mol. The highest BCUT2D eigenvalue weighted by atomic mass is 35.6. The highest BCUT2D eigenvalue weighted by Gasteiger charge is 1.78. The van der Waals surface area contributed by atoms with Gasteiger partial charge in [-0.3, -0.25) is 0 Å². The Hall–Kier alpha value is 0.750. The average Bonchev–Trinajstić information content (AvgIpc) is 1.98. The Morgan fingerprint density at radius 1 is 0.700 bits per heavy atom. The second kappa shape index (κ2) is 53.1. The molecule has 0 aliphatic carbocycles. The fourth-order valence-electron chi connectivity index (χ4n) is 0. The van der Waals surface area contributed by atoms with Crippen LogP contribution in [0, 0.1) is 0 Å². The van der Waals surface area contributed by atoms with Crippen LogP contribution in [0.1, 0.15) is 0 Å². The lowest BCUT2D eigenvalue weighted by Crippen LogP contribution is -1.55. The fraction of sp³-hybridized carbons (Fsp3) is 1.00. The summed E-state index contributed by atoms with van der Waals surface area (Å²) in [7, 11) is 3.00. The summed E-state index contributed by atoms with van der Waals surface area (Å²) in [6.07, 6.45) is 0. The minimum Gasteiger partial charge on any atom is -0.400 e. The van der Waals surface area contributed by atoms with Gasteiger partial charge in [0.25, 0.3) is 0 Å². The van der Waals surface area contributed by atoms with Crippen LogP contribution >= 0.6 is 34.8 Å². The molecule has 0 saturated heterocycles. The van der Waals surface area contributed by atoms with E-state index < -0.39 is 4.30 Å². The number of rotatable bonds is 0. The molecule has 0 aromatic rings. The second-order valence-corrected chi connectivity index (χ2v) is 2.23. The molecule has 0 unspecified atom stereocenters. The van der Waals surface area contributed by atoms with Gasteiger partial charge in [-0.25, -0.2) is 0 Å². The molecule has 0 heterocycles. The van der Waals surface area contributed by atoms with Crippen molar-refractivity contribution in [2.24, 2.45) is 0 Å². The summed E-state index contributed by atoms with van der Waals surface area (Å²) in [6.45, 7) is 0. The Morgan fingerprint density at radius 3 is 0.700 bits per heavy atom. The van der Waals surface area contributed by atoms with Crippen molar-refractivity contribution >= 4 is 34.8 Å². The number of aliphatic hydroxyl groups is 3. The molecule has 68 valence electrons. The molecule has 0 aliphatic heterocycles. The van der Waals surface area contributed by atoms with E-state index in [1.807, 2.05) is 0 Å². The van der Waals surface area contributed by atoms with Crippen LogP contribution in [0.25, 0.3) is 0 Å².